The van der Waals surface area contributed by atoms with E-state index in [1.807, 2.05) is 0 Å². The number of benzene rings is 7. The fourth-order valence-corrected chi connectivity index (χ4v) is 7.58. The molecule has 0 spiro atoms. The van der Waals surface area contributed by atoms with Crippen LogP contribution in [0.2, 0.25) is 0 Å². The third kappa shape index (κ3) is 2.74. The molecule has 0 saturated heterocycles. The Morgan fingerprint density at radius 3 is 1.55 bits per heavy atom. The average molecular weight is 533 g/mol. The van der Waals surface area contributed by atoms with Crippen LogP contribution in [0.25, 0.3) is 88.0 Å². The van der Waals surface area contributed by atoms with Gasteiger partial charge in [0.1, 0.15) is 0 Å². The fraction of sp³-hybridized carbons (Fsp3) is 0. The summed E-state index contributed by atoms with van der Waals surface area (Å²) < 4.78 is 4.88. The summed E-state index contributed by atoms with van der Waals surface area (Å²) >= 11 is 0. The molecule has 2 nitrogen and oxygen atoms in total. The predicted octanol–water partition coefficient (Wildman–Crippen LogP) is 10.7. The van der Waals surface area contributed by atoms with Crippen LogP contribution < -0.4 is 0 Å². The molecule has 1 aliphatic carbocycles. The zero-order valence-corrected chi connectivity index (χ0v) is 22.8. The smallest absolute Gasteiger partial charge is 0.0548 e. The number of hydrogen-bond acceptors (Lipinski definition) is 0. The van der Waals surface area contributed by atoms with Crippen molar-refractivity contribution in [2.75, 3.05) is 0 Å². The Morgan fingerprint density at radius 1 is 0.310 bits per heavy atom. The molecule has 0 radical (unpaired) electrons. The highest BCUT2D eigenvalue weighted by atomic mass is 15.0. The molecule has 42 heavy (non-hydrogen) atoms. The van der Waals surface area contributed by atoms with Crippen LogP contribution in [-0.2, 0) is 0 Å². The van der Waals surface area contributed by atoms with E-state index in [4.69, 9.17) is 0 Å². The van der Waals surface area contributed by atoms with E-state index < -0.39 is 0 Å². The number of rotatable bonds is 2. The van der Waals surface area contributed by atoms with E-state index in [0.29, 0.717) is 0 Å². The van der Waals surface area contributed by atoms with Gasteiger partial charge in [-0.3, -0.25) is 0 Å². The minimum Gasteiger partial charge on any atom is -0.309 e. The van der Waals surface area contributed by atoms with Crippen LogP contribution in [0.4, 0.5) is 0 Å². The molecular formula is C40H24N2. The van der Waals surface area contributed by atoms with Crippen molar-refractivity contribution in [1.29, 1.82) is 0 Å². The fourth-order valence-electron chi connectivity index (χ4n) is 7.58. The highest BCUT2D eigenvalue weighted by molar-refractivity contribution is 6.29. The zero-order chi connectivity index (χ0) is 27.4. The molecule has 2 aromatic heterocycles. The van der Waals surface area contributed by atoms with Gasteiger partial charge in [0.05, 0.1) is 22.1 Å². The lowest BCUT2D eigenvalue weighted by atomic mass is 10.0. The summed E-state index contributed by atoms with van der Waals surface area (Å²) in [5.74, 6) is 0. The second kappa shape index (κ2) is 7.99. The molecule has 0 N–H and O–H groups in total. The highest BCUT2D eigenvalue weighted by Gasteiger charge is 2.24. The number of hydrogen-bond donors (Lipinski definition) is 0. The van der Waals surface area contributed by atoms with E-state index in [2.05, 4.69) is 155 Å². The molecule has 0 bridgehead atoms. The third-order valence-electron chi connectivity index (χ3n) is 9.21. The summed E-state index contributed by atoms with van der Waals surface area (Å²) in [7, 11) is 0. The lowest BCUT2D eigenvalue weighted by Gasteiger charge is -2.12. The normalized spacial score (nSPS) is 12.3. The maximum absolute atomic E-state index is 2.47. The maximum atomic E-state index is 2.47. The summed E-state index contributed by atoms with van der Waals surface area (Å²) in [5, 5.41) is 7.81. The molecule has 1 aliphatic rings. The summed E-state index contributed by atoms with van der Waals surface area (Å²) in [4.78, 5) is 0. The summed E-state index contributed by atoms with van der Waals surface area (Å²) in [6.45, 7) is 0. The first-order valence-electron chi connectivity index (χ1n) is 14.5. The van der Waals surface area contributed by atoms with Gasteiger partial charge in [-0.2, -0.15) is 0 Å². The van der Waals surface area contributed by atoms with Crippen LogP contribution in [0.3, 0.4) is 0 Å². The molecule has 2 heteroatoms. The van der Waals surface area contributed by atoms with Gasteiger partial charge in [-0.15, -0.1) is 0 Å². The topological polar surface area (TPSA) is 9.86 Å². The molecule has 2 heterocycles. The number of fused-ring (bicyclic) bond motifs is 10. The van der Waals surface area contributed by atoms with Crippen molar-refractivity contribution in [3.8, 4) is 33.6 Å². The van der Waals surface area contributed by atoms with E-state index >= 15 is 0 Å². The van der Waals surface area contributed by atoms with E-state index in [9.17, 15) is 0 Å². The highest BCUT2D eigenvalue weighted by Crippen LogP contribution is 2.49. The van der Waals surface area contributed by atoms with Gasteiger partial charge in [0.15, 0.2) is 0 Å². The molecule has 9 aromatic rings. The molecule has 0 amide bonds. The Morgan fingerprint density at radius 2 is 0.857 bits per heavy atom. The molecular weight excluding hydrogens is 508 g/mol. The minimum atomic E-state index is 1.18. The summed E-state index contributed by atoms with van der Waals surface area (Å²) in [6, 6.07) is 53.4. The first-order chi connectivity index (χ1) is 20.9. The van der Waals surface area contributed by atoms with Gasteiger partial charge in [0, 0.05) is 32.9 Å². The molecule has 194 valence electrons. The Balaban J connectivity index is 1.37. The zero-order valence-electron chi connectivity index (χ0n) is 22.8. The first-order valence-corrected chi connectivity index (χ1v) is 14.5. The van der Waals surface area contributed by atoms with Gasteiger partial charge in [0.2, 0.25) is 0 Å². The van der Waals surface area contributed by atoms with Gasteiger partial charge < -0.3 is 9.13 Å². The summed E-state index contributed by atoms with van der Waals surface area (Å²) in [6.07, 6.45) is 0. The van der Waals surface area contributed by atoms with Gasteiger partial charge in [-0.25, -0.2) is 0 Å². The van der Waals surface area contributed by atoms with Gasteiger partial charge in [-0.05, 0) is 81.6 Å². The standard InChI is InChI=1S/C40H24N2/c1-2-12-26(13-3-1)41-34-19-8-6-16-31(34)39-36(41)21-22-37-40(39)32-17-7-9-20-35(32)42(37)27-23-25-11-10-18-30-28-14-4-5-15-29(28)33(24-27)38(25)30/h1-24H. The Labute approximate surface area is 242 Å². The Kier molecular flexibility index (Phi) is 4.21. The van der Waals surface area contributed by atoms with E-state index in [0.717, 1.165) is 0 Å². The SMILES string of the molecule is c1ccc(-n2c3ccccc3c3c4c5ccccc5n(-c5cc6c7c(cccc7c5)-c5ccccc5-6)c4ccc32)cc1. The van der Waals surface area contributed by atoms with Gasteiger partial charge in [-0.1, -0.05) is 97.1 Å². The number of nitrogens with zero attached hydrogens (tertiary/aromatic N) is 2. The van der Waals surface area contributed by atoms with Crippen LogP contribution in [-0.4, -0.2) is 9.13 Å². The van der Waals surface area contributed by atoms with Crippen LogP contribution >= 0.6 is 0 Å². The van der Waals surface area contributed by atoms with Crippen molar-refractivity contribution < 1.29 is 0 Å². The van der Waals surface area contributed by atoms with Crippen LogP contribution in [0.1, 0.15) is 0 Å². The lowest BCUT2D eigenvalue weighted by molar-refractivity contribution is 1.17. The molecule has 0 saturated carbocycles. The molecule has 0 unspecified atom stereocenters. The van der Waals surface area contributed by atoms with Crippen LogP contribution in [0, 0.1) is 0 Å². The van der Waals surface area contributed by atoms with Crippen molar-refractivity contribution >= 4 is 54.4 Å². The van der Waals surface area contributed by atoms with Crippen molar-refractivity contribution in [3.63, 3.8) is 0 Å². The lowest BCUT2D eigenvalue weighted by Crippen LogP contribution is -1.95. The van der Waals surface area contributed by atoms with Gasteiger partial charge >= 0.3 is 0 Å². The van der Waals surface area contributed by atoms with Crippen molar-refractivity contribution in [1.82, 2.24) is 9.13 Å². The number of para-hydroxylation sites is 3. The molecule has 7 aromatic carbocycles. The largest absolute Gasteiger partial charge is 0.309 e. The minimum absolute atomic E-state index is 1.18. The average Bonchev–Trinajstić information content (AvgIpc) is 3.68. The van der Waals surface area contributed by atoms with E-state index in [1.54, 1.807) is 0 Å². The second-order valence-corrected chi connectivity index (χ2v) is 11.3. The molecule has 0 aliphatic heterocycles. The van der Waals surface area contributed by atoms with E-state index in [-0.39, 0.29) is 0 Å². The Bertz CT molecular complexity index is 2560. The predicted molar refractivity (Wildman–Crippen MR) is 177 cm³/mol. The van der Waals surface area contributed by atoms with E-state index in [1.165, 1.54) is 88.0 Å². The van der Waals surface area contributed by atoms with Gasteiger partial charge in [0.25, 0.3) is 0 Å². The molecule has 10 rings (SSSR count). The molecule has 0 atom stereocenters. The van der Waals surface area contributed by atoms with Crippen LogP contribution in [0.15, 0.2) is 146 Å². The van der Waals surface area contributed by atoms with Crippen LogP contribution in [0.5, 0.6) is 0 Å². The van der Waals surface area contributed by atoms with Crippen molar-refractivity contribution in [2.45, 2.75) is 0 Å². The second-order valence-electron chi connectivity index (χ2n) is 11.3. The molecule has 0 fully saturated rings. The van der Waals surface area contributed by atoms with Crippen molar-refractivity contribution in [2.24, 2.45) is 0 Å². The Hall–Kier alpha value is -5.60. The number of aromatic nitrogens is 2. The monoisotopic (exact) mass is 532 g/mol. The first kappa shape index (κ1) is 22.1. The maximum Gasteiger partial charge on any atom is 0.0548 e. The quantitative estimate of drug-likeness (QED) is 0.210. The van der Waals surface area contributed by atoms with Crippen molar-refractivity contribution in [3.05, 3.63) is 146 Å². The summed E-state index contributed by atoms with van der Waals surface area (Å²) in [5.41, 5.74) is 12.6. The third-order valence-corrected chi connectivity index (χ3v) is 9.21.